The van der Waals surface area contributed by atoms with Crippen molar-refractivity contribution >= 4 is 61.1 Å². The zero-order valence-electron chi connectivity index (χ0n) is 10.6. The first-order valence-electron chi connectivity index (χ1n) is 6.00. The van der Waals surface area contributed by atoms with Gasteiger partial charge in [0.2, 0.25) is 0 Å². The minimum atomic E-state index is -3.75. The van der Waals surface area contributed by atoms with Crippen molar-refractivity contribution in [3.05, 3.63) is 60.7 Å². The summed E-state index contributed by atoms with van der Waals surface area (Å²) >= 11 is 4.21. The fraction of sp³-hybridized carbons (Fsp3) is 0.0714. The van der Waals surface area contributed by atoms with Crippen molar-refractivity contribution in [1.82, 2.24) is 4.31 Å². The predicted molar refractivity (Wildman–Crippen MR) is 95.4 cm³/mol. The number of amides is 1. The van der Waals surface area contributed by atoms with Gasteiger partial charge in [-0.25, -0.2) is 12.7 Å². The lowest BCUT2D eigenvalue weighted by atomic mass is 10.2. The standard InChI is InChI=1S/C14H9I2NO3S/c15-10-3-1-9(2-4-10)8-17-14(18)12-6-5-11(16)7-13(12)21(17,19)20/h1-7H,8H2. The van der Waals surface area contributed by atoms with Crippen molar-refractivity contribution in [3.63, 3.8) is 0 Å². The highest BCUT2D eigenvalue weighted by Crippen LogP contribution is 2.32. The maximum Gasteiger partial charge on any atom is 0.269 e. The first-order valence-corrected chi connectivity index (χ1v) is 9.60. The molecule has 0 spiro atoms. The summed E-state index contributed by atoms with van der Waals surface area (Å²) in [5.41, 5.74) is 1.04. The largest absolute Gasteiger partial charge is 0.269 e. The smallest absolute Gasteiger partial charge is 0.268 e. The van der Waals surface area contributed by atoms with Crippen molar-refractivity contribution in [1.29, 1.82) is 0 Å². The number of rotatable bonds is 2. The van der Waals surface area contributed by atoms with E-state index in [0.717, 1.165) is 17.0 Å². The minimum Gasteiger partial charge on any atom is -0.268 e. The summed E-state index contributed by atoms with van der Waals surface area (Å²) in [6.45, 7) is 0.0589. The van der Waals surface area contributed by atoms with Gasteiger partial charge in [-0.05, 0) is 81.1 Å². The lowest BCUT2D eigenvalue weighted by Crippen LogP contribution is -2.29. The summed E-state index contributed by atoms with van der Waals surface area (Å²) < 4.78 is 27.8. The number of carbonyl (C=O) groups is 1. The molecule has 1 aliphatic rings. The molecule has 1 aliphatic heterocycles. The lowest BCUT2D eigenvalue weighted by molar-refractivity contribution is 0.0865. The van der Waals surface area contributed by atoms with E-state index in [1.807, 2.05) is 46.9 Å². The molecule has 2 aromatic carbocycles. The summed E-state index contributed by atoms with van der Waals surface area (Å²) in [4.78, 5) is 12.4. The van der Waals surface area contributed by atoms with Crippen LogP contribution in [0.5, 0.6) is 0 Å². The fourth-order valence-corrected chi connectivity index (χ4v) is 4.81. The number of benzene rings is 2. The predicted octanol–water partition coefficient (Wildman–Crippen LogP) is 3.24. The van der Waals surface area contributed by atoms with Gasteiger partial charge in [0.15, 0.2) is 0 Å². The molecule has 21 heavy (non-hydrogen) atoms. The molecule has 0 aliphatic carbocycles. The molecule has 1 amide bonds. The van der Waals surface area contributed by atoms with E-state index in [-0.39, 0.29) is 17.0 Å². The van der Waals surface area contributed by atoms with Crippen LogP contribution >= 0.6 is 45.2 Å². The van der Waals surface area contributed by atoms with Gasteiger partial charge in [-0.3, -0.25) is 4.79 Å². The van der Waals surface area contributed by atoms with E-state index in [0.29, 0.717) is 0 Å². The van der Waals surface area contributed by atoms with Gasteiger partial charge in [0, 0.05) is 7.14 Å². The van der Waals surface area contributed by atoms with Gasteiger partial charge in [0.1, 0.15) is 4.90 Å². The SMILES string of the molecule is O=C1c2ccc(I)cc2S(=O)(=O)N1Cc1ccc(I)cc1. The number of hydrogen-bond acceptors (Lipinski definition) is 3. The Morgan fingerprint density at radius 3 is 2.24 bits per heavy atom. The summed E-state index contributed by atoms with van der Waals surface area (Å²) in [5.74, 6) is -0.458. The van der Waals surface area contributed by atoms with Crippen LogP contribution in [0.15, 0.2) is 47.4 Å². The number of hydrogen-bond donors (Lipinski definition) is 0. The van der Waals surface area contributed by atoms with Gasteiger partial charge in [-0.2, -0.15) is 0 Å². The van der Waals surface area contributed by atoms with E-state index in [1.165, 1.54) is 6.07 Å². The average Bonchev–Trinajstić information content (AvgIpc) is 2.62. The van der Waals surface area contributed by atoms with Crippen LogP contribution in [0.2, 0.25) is 0 Å². The lowest BCUT2D eigenvalue weighted by Gasteiger charge is -2.15. The third kappa shape index (κ3) is 2.70. The van der Waals surface area contributed by atoms with Crippen molar-refractivity contribution < 1.29 is 13.2 Å². The van der Waals surface area contributed by atoms with Crippen LogP contribution in [0.3, 0.4) is 0 Å². The van der Waals surface area contributed by atoms with Crippen LogP contribution in [-0.4, -0.2) is 18.6 Å². The fourth-order valence-electron chi connectivity index (χ4n) is 2.16. The Hall–Kier alpha value is -0.680. The molecule has 1 heterocycles. The average molecular weight is 525 g/mol. The Morgan fingerprint density at radius 1 is 0.952 bits per heavy atom. The molecule has 0 atom stereocenters. The number of carbonyl (C=O) groups excluding carboxylic acids is 1. The van der Waals surface area contributed by atoms with Crippen LogP contribution in [0.4, 0.5) is 0 Å². The molecule has 7 heteroatoms. The zero-order valence-corrected chi connectivity index (χ0v) is 15.7. The molecule has 0 N–H and O–H groups in total. The third-order valence-corrected chi connectivity index (χ3v) is 6.37. The molecule has 3 rings (SSSR count). The molecule has 0 unspecified atom stereocenters. The molecular formula is C14H9I2NO3S. The van der Waals surface area contributed by atoms with Crippen molar-refractivity contribution in [2.24, 2.45) is 0 Å². The van der Waals surface area contributed by atoms with E-state index in [1.54, 1.807) is 12.1 Å². The molecule has 108 valence electrons. The van der Waals surface area contributed by atoms with Gasteiger partial charge >= 0.3 is 0 Å². The summed E-state index contributed by atoms with van der Waals surface area (Å²) in [6, 6.07) is 12.3. The van der Waals surface area contributed by atoms with Gasteiger partial charge in [-0.1, -0.05) is 12.1 Å². The van der Waals surface area contributed by atoms with Crippen LogP contribution in [0.25, 0.3) is 0 Å². The Balaban J connectivity index is 2.02. The van der Waals surface area contributed by atoms with E-state index in [2.05, 4.69) is 22.6 Å². The highest BCUT2D eigenvalue weighted by atomic mass is 127. The van der Waals surface area contributed by atoms with Gasteiger partial charge in [-0.15, -0.1) is 0 Å². The van der Waals surface area contributed by atoms with Crippen LogP contribution < -0.4 is 0 Å². The first kappa shape index (κ1) is 15.2. The molecule has 0 aromatic heterocycles. The summed E-state index contributed by atoms with van der Waals surface area (Å²) in [7, 11) is -3.75. The molecule has 4 nitrogen and oxygen atoms in total. The molecule has 2 aromatic rings. The minimum absolute atomic E-state index is 0.0589. The van der Waals surface area contributed by atoms with E-state index < -0.39 is 15.9 Å². The Labute approximate surface area is 149 Å². The first-order chi connectivity index (χ1) is 9.89. The normalized spacial score (nSPS) is 16.1. The summed E-state index contributed by atoms with van der Waals surface area (Å²) in [6.07, 6.45) is 0. The molecular weight excluding hydrogens is 516 g/mol. The number of fused-ring (bicyclic) bond motifs is 1. The maximum atomic E-state index is 12.5. The molecule has 0 bridgehead atoms. The van der Waals surface area contributed by atoms with Crippen LogP contribution in [-0.2, 0) is 16.6 Å². The van der Waals surface area contributed by atoms with Gasteiger partial charge in [0.05, 0.1) is 12.1 Å². The Kier molecular flexibility index (Phi) is 3.99. The number of nitrogens with zero attached hydrogens (tertiary/aromatic N) is 1. The van der Waals surface area contributed by atoms with Gasteiger partial charge < -0.3 is 0 Å². The second-order valence-electron chi connectivity index (χ2n) is 4.58. The second-order valence-corrected chi connectivity index (χ2v) is 8.91. The molecule has 0 radical (unpaired) electrons. The topological polar surface area (TPSA) is 54.5 Å². The molecule has 0 saturated heterocycles. The van der Waals surface area contributed by atoms with Crippen LogP contribution in [0, 0.1) is 7.14 Å². The third-order valence-electron chi connectivity index (χ3n) is 3.21. The van der Waals surface area contributed by atoms with E-state index in [4.69, 9.17) is 0 Å². The highest BCUT2D eigenvalue weighted by Gasteiger charge is 2.41. The molecule has 0 saturated carbocycles. The van der Waals surface area contributed by atoms with E-state index >= 15 is 0 Å². The van der Waals surface area contributed by atoms with Gasteiger partial charge in [0.25, 0.3) is 15.9 Å². The second kappa shape index (κ2) is 5.51. The quantitative estimate of drug-likeness (QED) is 0.567. The zero-order chi connectivity index (χ0) is 15.2. The monoisotopic (exact) mass is 525 g/mol. The molecule has 0 fully saturated rings. The van der Waals surface area contributed by atoms with E-state index in [9.17, 15) is 13.2 Å². The van der Waals surface area contributed by atoms with Crippen LogP contribution in [0.1, 0.15) is 15.9 Å². The summed E-state index contributed by atoms with van der Waals surface area (Å²) in [5, 5.41) is 0. The van der Waals surface area contributed by atoms with Crippen molar-refractivity contribution in [2.45, 2.75) is 11.4 Å². The Morgan fingerprint density at radius 2 is 1.57 bits per heavy atom. The van der Waals surface area contributed by atoms with Crippen molar-refractivity contribution in [2.75, 3.05) is 0 Å². The maximum absolute atomic E-state index is 12.5. The number of halogens is 2. The number of sulfonamides is 1. The highest BCUT2D eigenvalue weighted by molar-refractivity contribution is 14.1. The van der Waals surface area contributed by atoms with Crippen molar-refractivity contribution in [3.8, 4) is 0 Å². The Bertz CT molecular complexity index is 832.